The lowest BCUT2D eigenvalue weighted by atomic mass is 10.2. The number of carboxylic acid groups (broad SMARTS) is 2. The van der Waals surface area contributed by atoms with E-state index in [-0.39, 0.29) is 12.8 Å². The Kier molecular flexibility index (Phi) is 8.48. The number of nitrogens with zero attached hydrogens (tertiary/aromatic N) is 3. The molecule has 0 aromatic rings. The molecule has 27 heavy (non-hydrogen) atoms. The minimum Gasteiger partial charge on any atom is -0.481 e. The lowest BCUT2D eigenvalue weighted by molar-refractivity contribution is -0.516. The Morgan fingerprint density at radius 3 is 2.70 bits per heavy atom. The van der Waals surface area contributed by atoms with Gasteiger partial charge in [-0.15, -0.1) is 11.8 Å². The second-order valence-corrected chi connectivity index (χ2v) is 8.10. The van der Waals surface area contributed by atoms with Crippen LogP contribution in [-0.4, -0.2) is 74.4 Å². The third-order valence-corrected chi connectivity index (χ3v) is 6.13. The number of carbonyl (C=O) groups is 2. The number of carboxylic acids is 2. The lowest BCUT2D eigenvalue weighted by Crippen LogP contribution is -2.21. The SMILES string of the molecule is N#CC(=C\C=C1/SCCN1CCC(=O)O)/C=C/C1=[N+](CCC(=O)O)CCS1. The van der Waals surface area contributed by atoms with Gasteiger partial charge in [0.15, 0.2) is 13.1 Å². The smallest absolute Gasteiger partial charge is 0.309 e. The van der Waals surface area contributed by atoms with Gasteiger partial charge in [0.05, 0.1) is 28.8 Å². The molecular weight excluding hydrogens is 386 g/mol. The van der Waals surface area contributed by atoms with Crippen molar-refractivity contribution in [1.29, 1.82) is 5.26 Å². The van der Waals surface area contributed by atoms with E-state index in [1.165, 1.54) is 0 Å². The van der Waals surface area contributed by atoms with Crippen LogP contribution in [0.3, 0.4) is 0 Å². The second-order valence-electron chi connectivity index (χ2n) is 5.87. The van der Waals surface area contributed by atoms with Gasteiger partial charge in [0.25, 0.3) is 0 Å². The summed E-state index contributed by atoms with van der Waals surface area (Å²) >= 11 is 3.30. The first-order chi connectivity index (χ1) is 13.0. The summed E-state index contributed by atoms with van der Waals surface area (Å²) in [5, 5.41) is 28.9. The standard InChI is InChI=1S/C18H21N3O4S2/c19-13-14(1-3-15-20(9-11-26-15)7-5-17(22)23)2-4-16-21(10-12-27-16)8-6-18(24)25/h1-4H,5-12H2,(H-,22,23,24,25)/p+1. The molecule has 2 aliphatic heterocycles. The summed E-state index contributed by atoms with van der Waals surface area (Å²) in [7, 11) is 0. The molecule has 7 nitrogen and oxygen atoms in total. The normalized spacial score (nSPS) is 19.3. The molecule has 0 saturated carbocycles. The van der Waals surface area contributed by atoms with Crippen molar-refractivity contribution in [2.24, 2.45) is 0 Å². The summed E-state index contributed by atoms with van der Waals surface area (Å²) in [5.41, 5.74) is 0.492. The maximum Gasteiger partial charge on any atom is 0.309 e. The van der Waals surface area contributed by atoms with Crippen molar-refractivity contribution >= 4 is 40.5 Å². The van der Waals surface area contributed by atoms with Crippen LogP contribution in [0.2, 0.25) is 0 Å². The maximum atomic E-state index is 10.7. The van der Waals surface area contributed by atoms with Gasteiger partial charge in [-0.2, -0.15) is 5.26 Å². The maximum absolute atomic E-state index is 10.7. The average Bonchev–Trinajstić information content (AvgIpc) is 3.27. The van der Waals surface area contributed by atoms with Gasteiger partial charge in [-0.25, -0.2) is 4.58 Å². The summed E-state index contributed by atoms with van der Waals surface area (Å²) in [5.74, 6) is 0.177. The van der Waals surface area contributed by atoms with Crippen LogP contribution in [0.25, 0.3) is 0 Å². The van der Waals surface area contributed by atoms with E-state index in [0.717, 1.165) is 34.7 Å². The van der Waals surface area contributed by atoms with Crippen LogP contribution in [0.1, 0.15) is 12.8 Å². The predicted octanol–water partition coefficient (Wildman–Crippen LogP) is 1.99. The molecular formula is C18H22N3O4S2+. The highest BCUT2D eigenvalue weighted by Gasteiger charge is 2.21. The minimum absolute atomic E-state index is 0.0916. The molecule has 0 radical (unpaired) electrons. The molecule has 0 bridgehead atoms. The number of thioether (sulfide) groups is 2. The van der Waals surface area contributed by atoms with Crippen molar-refractivity contribution in [3.63, 3.8) is 0 Å². The van der Waals surface area contributed by atoms with Crippen LogP contribution in [0.5, 0.6) is 0 Å². The molecule has 0 amide bonds. The molecule has 2 heterocycles. The molecule has 0 aromatic carbocycles. The first-order valence-electron chi connectivity index (χ1n) is 8.56. The summed E-state index contributed by atoms with van der Waals surface area (Å²) in [6.45, 7) is 2.55. The van der Waals surface area contributed by atoms with E-state index in [2.05, 4.69) is 6.07 Å². The van der Waals surface area contributed by atoms with Gasteiger partial charge in [0, 0.05) is 24.9 Å². The Hall–Kier alpha value is -2.18. The Bertz CT molecular complexity index is 750. The van der Waals surface area contributed by atoms with Crippen LogP contribution in [-0.2, 0) is 9.59 Å². The molecule has 0 aromatic heterocycles. The largest absolute Gasteiger partial charge is 0.481 e. The zero-order valence-corrected chi connectivity index (χ0v) is 16.5. The number of hydrogen-bond donors (Lipinski definition) is 2. The highest BCUT2D eigenvalue weighted by molar-refractivity contribution is 8.14. The Morgan fingerprint density at radius 2 is 2.00 bits per heavy atom. The van der Waals surface area contributed by atoms with Crippen LogP contribution in [0, 0.1) is 11.3 Å². The van der Waals surface area contributed by atoms with Gasteiger partial charge in [-0.3, -0.25) is 9.59 Å². The topological polar surface area (TPSA) is 105 Å². The molecule has 1 fully saturated rings. The quantitative estimate of drug-likeness (QED) is 0.339. The predicted molar refractivity (Wildman–Crippen MR) is 107 cm³/mol. The highest BCUT2D eigenvalue weighted by Crippen LogP contribution is 2.28. The lowest BCUT2D eigenvalue weighted by Gasteiger charge is -2.17. The third-order valence-electron chi connectivity index (χ3n) is 3.98. The van der Waals surface area contributed by atoms with Gasteiger partial charge in [0.1, 0.15) is 6.42 Å². The van der Waals surface area contributed by atoms with E-state index in [0.29, 0.717) is 18.7 Å². The van der Waals surface area contributed by atoms with Crippen LogP contribution < -0.4 is 0 Å². The summed E-state index contributed by atoms with van der Waals surface area (Å²) < 4.78 is 2.02. The number of rotatable bonds is 9. The number of aliphatic carboxylic acids is 2. The summed E-state index contributed by atoms with van der Waals surface area (Å²) in [6, 6.07) is 2.15. The molecule has 2 aliphatic rings. The molecule has 0 aliphatic carbocycles. The molecule has 0 unspecified atom stereocenters. The summed E-state index contributed by atoms with van der Waals surface area (Å²) in [4.78, 5) is 23.5. The van der Waals surface area contributed by atoms with E-state index in [1.54, 1.807) is 35.7 Å². The van der Waals surface area contributed by atoms with Gasteiger partial charge >= 0.3 is 11.9 Å². The zero-order valence-electron chi connectivity index (χ0n) is 14.8. The number of nitriles is 1. The van der Waals surface area contributed by atoms with Gasteiger partial charge in [-0.1, -0.05) is 11.8 Å². The highest BCUT2D eigenvalue weighted by atomic mass is 32.2. The monoisotopic (exact) mass is 408 g/mol. The average molecular weight is 409 g/mol. The van der Waals surface area contributed by atoms with Crippen molar-refractivity contribution in [3.05, 3.63) is 34.9 Å². The molecule has 2 N–H and O–H groups in total. The fourth-order valence-electron chi connectivity index (χ4n) is 2.59. The van der Waals surface area contributed by atoms with Gasteiger partial charge in [0.2, 0.25) is 5.04 Å². The third kappa shape index (κ3) is 7.15. The molecule has 0 atom stereocenters. The van der Waals surface area contributed by atoms with E-state index in [1.807, 2.05) is 21.6 Å². The van der Waals surface area contributed by atoms with Gasteiger partial charge < -0.3 is 15.1 Å². The van der Waals surface area contributed by atoms with Crippen molar-refractivity contribution in [2.45, 2.75) is 12.8 Å². The molecule has 1 saturated heterocycles. The Balaban J connectivity index is 2.04. The summed E-state index contributed by atoms with van der Waals surface area (Å²) in [6.07, 6.45) is 7.37. The van der Waals surface area contributed by atoms with Gasteiger partial charge in [-0.05, 0) is 18.2 Å². The van der Waals surface area contributed by atoms with Crippen molar-refractivity contribution in [2.75, 3.05) is 37.7 Å². The van der Waals surface area contributed by atoms with Crippen LogP contribution in [0.15, 0.2) is 34.9 Å². The first-order valence-corrected chi connectivity index (χ1v) is 10.5. The first kappa shape index (κ1) is 21.1. The van der Waals surface area contributed by atoms with Crippen molar-refractivity contribution in [1.82, 2.24) is 4.90 Å². The van der Waals surface area contributed by atoms with E-state index < -0.39 is 11.9 Å². The number of hydrogen-bond acceptors (Lipinski definition) is 6. The van der Waals surface area contributed by atoms with Crippen molar-refractivity contribution < 1.29 is 24.4 Å². The van der Waals surface area contributed by atoms with E-state index in [4.69, 9.17) is 10.2 Å². The van der Waals surface area contributed by atoms with E-state index >= 15 is 0 Å². The molecule has 2 rings (SSSR count). The zero-order chi connectivity index (χ0) is 19.6. The number of allylic oxidation sites excluding steroid dienone is 4. The molecule has 144 valence electrons. The fraction of sp³-hybridized carbons (Fsp3) is 0.444. The van der Waals surface area contributed by atoms with Crippen LogP contribution >= 0.6 is 23.5 Å². The second kappa shape index (κ2) is 10.8. The fourth-order valence-corrected chi connectivity index (χ4v) is 4.69. The van der Waals surface area contributed by atoms with Crippen molar-refractivity contribution in [3.8, 4) is 6.07 Å². The van der Waals surface area contributed by atoms with Crippen LogP contribution in [0.4, 0.5) is 0 Å². The Labute approximate surface area is 166 Å². The minimum atomic E-state index is -0.819. The Morgan fingerprint density at radius 1 is 1.22 bits per heavy atom. The molecule has 9 heteroatoms. The molecule has 0 spiro atoms. The van der Waals surface area contributed by atoms with E-state index in [9.17, 15) is 14.9 Å².